The quantitative estimate of drug-likeness (QED) is 0.788. The molecule has 1 heterocycles. The lowest BCUT2D eigenvalue weighted by Crippen LogP contribution is -2.32. The molecule has 0 saturated heterocycles. The van der Waals surface area contributed by atoms with E-state index in [4.69, 9.17) is 4.74 Å². The van der Waals surface area contributed by atoms with Crippen molar-refractivity contribution in [2.75, 3.05) is 11.0 Å². The van der Waals surface area contributed by atoms with Crippen molar-refractivity contribution in [2.45, 2.75) is 26.3 Å². The molecule has 0 bridgehead atoms. The number of amides is 1. The number of hydrogen-bond donors (Lipinski definition) is 2. The molecule has 0 saturated carbocycles. The van der Waals surface area contributed by atoms with Crippen LogP contribution in [0.4, 0.5) is 5.69 Å². The molecule has 25 heavy (non-hydrogen) atoms. The first-order chi connectivity index (χ1) is 11.8. The Labute approximate surface area is 147 Å². The number of nitrogens with one attached hydrogen (secondary N) is 2. The summed E-state index contributed by atoms with van der Waals surface area (Å²) in [7, 11) is -3.39. The molecule has 134 valence electrons. The number of hydrogen-bond acceptors (Lipinski definition) is 5. The van der Waals surface area contributed by atoms with E-state index in [9.17, 15) is 13.2 Å². The van der Waals surface area contributed by atoms with Gasteiger partial charge in [-0.3, -0.25) is 9.52 Å². The number of carbonyl (C=O) groups is 1. The van der Waals surface area contributed by atoms with Crippen molar-refractivity contribution in [1.29, 1.82) is 0 Å². The van der Waals surface area contributed by atoms with E-state index < -0.39 is 10.0 Å². The molecule has 0 radical (unpaired) electrons. The van der Waals surface area contributed by atoms with E-state index in [1.54, 1.807) is 30.3 Å². The molecule has 7 nitrogen and oxygen atoms in total. The van der Waals surface area contributed by atoms with E-state index in [0.717, 1.165) is 12.7 Å². The van der Waals surface area contributed by atoms with Gasteiger partial charge in [0.2, 0.25) is 15.9 Å². The van der Waals surface area contributed by atoms with Gasteiger partial charge in [0.15, 0.2) is 0 Å². The van der Waals surface area contributed by atoms with Crippen molar-refractivity contribution < 1.29 is 17.9 Å². The zero-order chi connectivity index (χ0) is 18.4. The molecule has 1 aromatic heterocycles. The molecule has 0 aliphatic heterocycles. The fourth-order valence-electron chi connectivity index (χ4n) is 2.00. The third kappa shape index (κ3) is 5.75. The highest BCUT2D eigenvalue weighted by Crippen LogP contribution is 2.25. The first-order valence-corrected chi connectivity index (χ1v) is 9.69. The Kier molecular flexibility index (Phi) is 5.97. The maximum atomic E-state index is 12.4. The van der Waals surface area contributed by atoms with Crippen LogP contribution in [0.1, 0.15) is 30.6 Å². The van der Waals surface area contributed by atoms with Crippen LogP contribution in [0.3, 0.4) is 0 Å². The smallest absolute Gasteiger partial charge is 0.256 e. The van der Waals surface area contributed by atoms with E-state index in [0.29, 0.717) is 17.0 Å². The molecule has 8 heteroatoms. The normalized spacial score (nSPS) is 12.3. The number of pyridine rings is 1. The SMILES string of the molecule is CC[C@@H](C)NC(=O)c1cccnc1Oc1cccc(NS(C)(=O)=O)c1. The van der Waals surface area contributed by atoms with Gasteiger partial charge in [-0.2, -0.15) is 0 Å². The van der Waals surface area contributed by atoms with E-state index in [1.165, 1.54) is 12.3 Å². The standard InChI is InChI=1S/C17H21N3O4S/c1-4-12(2)19-16(21)15-9-6-10-18-17(15)24-14-8-5-7-13(11-14)20-25(3,22)23/h5-12,20H,4H2,1-3H3,(H,19,21)/t12-/m1/s1. The Hall–Kier alpha value is -2.61. The van der Waals surface area contributed by atoms with Gasteiger partial charge >= 0.3 is 0 Å². The van der Waals surface area contributed by atoms with Crippen molar-refractivity contribution in [3.8, 4) is 11.6 Å². The second kappa shape index (κ2) is 7.98. The summed E-state index contributed by atoms with van der Waals surface area (Å²) in [5.41, 5.74) is 0.672. The van der Waals surface area contributed by atoms with Crippen LogP contribution in [0.2, 0.25) is 0 Å². The predicted molar refractivity (Wildman–Crippen MR) is 96.4 cm³/mol. The predicted octanol–water partition coefficient (Wildman–Crippen LogP) is 2.77. The first-order valence-electron chi connectivity index (χ1n) is 7.80. The van der Waals surface area contributed by atoms with Gasteiger partial charge in [0, 0.05) is 18.3 Å². The van der Waals surface area contributed by atoms with Crippen LogP contribution >= 0.6 is 0 Å². The molecule has 0 aliphatic rings. The zero-order valence-corrected chi connectivity index (χ0v) is 15.1. The van der Waals surface area contributed by atoms with Gasteiger partial charge < -0.3 is 10.1 Å². The van der Waals surface area contributed by atoms with Crippen molar-refractivity contribution in [3.05, 3.63) is 48.2 Å². The van der Waals surface area contributed by atoms with Gasteiger partial charge in [0.25, 0.3) is 5.91 Å². The lowest BCUT2D eigenvalue weighted by Gasteiger charge is -2.14. The fourth-order valence-corrected chi connectivity index (χ4v) is 2.55. The number of anilines is 1. The fraction of sp³-hybridized carbons (Fsp3) is 0.294. The van der Waals surface area contributed by atoms with Crippen LogP contribution in [0.5, 0.6) is 11.6 Å². The summed E-state index contributed by atoms with van der Waals surface area (Å²) >= 11 is 0. The molecule has 2 aromatic rings. The van der Waals surface area contributed by atoms with E-state index in [2.05, 4.69) is 15.0 Å². The molecule has 0 aliphatic carbocycles. The number of aromatic nitrogens is 1. The minimum Gasteiger partial charge on any atom is -0.438 e. The second-order valence-corrected chi connectivity index (χ2v) is 7.39. The molecule has 2 N–H and O–H groups in total. The summed E-state index contributed by atoms with van der Waals surface area (Å²) in [4.78, 5) is 16.5. The topological polar surface area (TPSA) is 97.4 Å². The summed E-state index contributed by atoms with van der Waals surface area (Å²) in [6, 6.07) is 9.72. The molecule has 0 spiro atoms. The van der Waals surface area contributed by atoms with Gasteiger partial charge in [-0.15, -0.1) is 0 Å². The highest BCUT2D eigenvalue weighted by atomic mass is 32.2. The minimum atomic E-state index is -3.39. The van der Waals surface area contributed by atoms with Crippen molar-refractivity contribution >= 4 is 21.6 Å². The highest BCUT2D eigenvalue weighted by molar-refractivity contribution is 7.92. The molecule has 1 aromatic carbocycles. The number of rotatable bonds is 7. The van der Waals surface area contributed by atoms with Gasteiger partial charge in [-0.25, -0.2) is 13.4 Å². The minimum absolute atomic E-state index is 0.0304. The van der Waals surface area contributed by atoms with Gasteiger partial charge in [-0.1, -0.05) is 13.0 Å². The number of benzene rings is 1. The number of ether oxygens (including phenoxy) is 1. The van der Waals surface area contributed by atoms with Crippen LogP contribution in [0, 0.1) is 0 Å². The van der Waals surface area contributed by atoms with Gasteiger partial charge in [-0.05, 0) is 37.6 Å². The summed E-state index contributed by atoms with van der Waals surface area (Å²) < 4.78 is 30.7. The first kappa shape index (κ1) is 18.7. The maximum absolute atomic E-state index is 12.4. The highest BCUT2D eigenvalue weighted by Gasteiger charge is 2.16. The van der Waals surface area contributed by atoms with Crippen LogP contribution in [-0.4, -0.2) is 31.6 Å². The zero-order valence-electron chi connectivity index (χ0n) is 14.3. The number of sulfonamides is 1. The number of nitrogens with zero attached hydrogens (tertiary/aromatic N) is 1. The summed E-state index contributed by atoms with van der Waals surface area (Å²) in [5.74, 6) is 0.243. The largest absolute Gasteiger partial charge is 0.438 e. The van der Waals surface area contributed by atoms with E-state index >= 15 is 0 Å². The van der Waals surface area contributed by atoms with E-state index in [-0.39, 0.29) is 17.8 Å². The molecule has 2 rings (SSSR count). The Bertz CT molecular complexity index is 852. The van der Waals surface area contributed by atoms with Crippen LogP contribution in [0.25, 0.3) is 0 Å². The summed E-state index contributed by atoms with van der Waals surface area (Å²) in [6.45, 7) is 3.89. The van der Waals surface area contributed by atoms with Crippen molar-refractivity contribution in [1.82, 2.24) is 10.3 Å². The van der Waals surface area contributed by atoms with Gasteiger partial charge in [0.1, 0.15) is 11.3 Å². The Morgan fingerprint density at radius 1 is 1.28 bits per heavy atom. The molecular formula is C17H21N3O4S. The van der Waals surface area contributed by atoms with Crippen LogP contribution in [-0.2, 0) is 10.0 Å². The molecule has 1 atom stereocenters. The van der Waals surface area contributed by atoms with Crippen molar-refractivity contribution in [3.63, 3.8) is 0 Å². The molecular weight excluding hydrogens is 342 g/mol. The van der Waals surface area contributed by atoms with E-state index in [1.807, 2.05) is 13.8 Å². The summed E-state index contributed by atoms with van der Waals surface area (Å²) in [5, 5.41) is 2.86. The summed E-state index contributed by atoms with van der Waals surface area (Å²) in [6.07, 6.45) is 3.39. The molecule has 1 amide bonds. The second-order valence-electron chi connectivity index (χ2n) is 5.64. The lowest BCUT2D eigenvalue weighted by atomic mass is 10.2. The Morgan fingerprint density at radius 3 is 2.72 bits per heavy atom. The molecule has 0 fully saturated rings. The maximum Gasteiger partial charge on any atom is 0.256 e. The lowest BCUT2D eigenvalue weighted by molar-refractivity contribution is 0.0936. The van der Waals surface area contributed by atoms with Crippen LogP contribution < -0.4 is 14.8 Å². The monoisotopic (exact) mass is 363 g/mol. The third-order valence-corrected chi connectivity index (χ3v) is 3.96. The van der Waals surface area contributed by atoms with Gasteiger partial charge in [0.05, 0.1) is 11.9 Å². The number of carbonyl (C=O) groups excluding carboxylic acids is 1. The Balaban J connectivity index is 2.24. The van der Waals surface area contributed by atoms with Crippen LogP contribution in [0.15, 0.2) is 42.6 Å². The average Bonchev–Trinajstić information content (AvgIpc) is 2.54. The average molecular weight is 363 g/mol. The molecule has 0 unspecified atom stereocenters. The third-order valence-electron chi connectivity index (χ3n) is 3.36. The van der Waals surface area contributed by atoms with Crippen molar-refractivity contribution in [2.24, 2.45) is 0 Å². The Morgan fingerprint density at radius 2 is 2.04 bits per heavy atom.